The number of amides is 1. The zero-order valence-corrected chi connectivity index (χ0v) is 11.1. The van der Waals surface area contributed by atoms with Crippen molar-refractivity contribution < 1.29 is 9.53 Å². The summed E-state index contributed by atoms with van der Waals surface area (Å²) in [5.41, 5.74) is 5.21. The second-order valence-corrected chi connectivity index (χ2v) is 4.90. The number of ether oxygens (including phenoxy) is 1. The fourth-order valence-electron chi connectivity index (χ4n) is 1.43. The Hall–Kier alpha value is -1.55. The number of nitrogens with two attached hydrogens (primary N) is 1. The van der Waals surface area contributed by atoms with Gasteiger partial charge in [0.15, 0.2) is 0 Å². The number of benzene rings is 1. The number of hydrogen-bond acceptors (Lipinski definition) is 3. The molecule has 0 bridgehead atoms. The van der Waals surface area contributed by atoms with Crippen LogP contribution in [0.25, 0.3) is 0 Å². The van der Waals surface area contributed by atoms with Crippen LogP contribution in [0, 0.1) is 0 Å². The average molecular weight is 250 g/mol. The fraction of sp³-hybridized carbons (Fsp3) is 0.500. The summed E-state index contributed by atoms with van der Waals surface area (Å²) in [6.45, 7) is 4.79. The molecule has 1 amide bonds. The molecule has 18 heavy (non-hydrogen) atoms. The lowest BCUT2D eigenvalue weighted by Crippen LogP contribution is -2.48. The van der Waals surface area contributed by atoms with Gasteiger partial charge in [0, 0.05) is 18.5 Å². The van der Waals surface area contributed by atoms with E-state index in [1.165, 1.54) is 0 Å². The summed E-state index contributed by atoms with van der Waals surface area (Å²) in [5.74, 6) is 0.849. The van der Waals surface area contributed by atoms with Crippen LogP contribution in [-0.4, -0.2) is 24.6 Å². The van der Waals surface area contributed by atoms with Crippen LogP contribution in [0.1, 0.15) is 26.7 Å². The molecular weight excluding hydrogens is 228 g/mol. The van der Waals surface area contributed by atoms with Crippen LogP contribution >= 0.6 is 0 Å². The molecule has 0 fully saturated rings. The number of nitrogens with one attached hydrogen (secondary N) is 1. The summed E-state index contributed by atoms with van der Waals surface area (Å²) in [6, 6.07) is 9.59. The van der Waals surface area contributed by atoms with Gasteiger partial charge in [0.05, 0.1) is 6.61 Å². The molecule has 0 spiro atoms. The van der Waals surface area contributed by atoms with Crippen LogP contribution in [0.2, 0.25) is 0 Å². The number of carbonyl (C=O) groups is 1. The molecule has 1 rings (SSSR count). The standard InChI is InChI=1S/C14H22N2O2/c1-14(2,11-15)16-13(17)9-6-10-18-12-7-4-3-5-8-12/h3-5,7-8H,6,9-11,15H2,1-2H3,(H,16,17). The van der Waals surface area contributed by atoms with E-state index in [1.54, 1.807) is 0 Å². The SMILES string of the molecule is CC(C)(CN)NC(=O)CCCOc1ccccc1. The summed E-state index contributed by atoms with van der Waals surface area (Å²) < 4.78 is 5.51. The van der Waals surface area contributed by atoms with E-state index >= 15 is 0 Å². The second-order valence-electron chi connectivity index (χ2n) is 4.90. The van der Waals surface area contributed by atoms with E-state index in [9.17, 15) is 4.79 Å². The van der Waals surface area contributed by atoms with Gasteiger partial charge in [-0.25, -0.2) is 0 Å². The van der Waals surface area contributed by atoms with Crippen LogP contribution < -0.4 is 15.8 Å². The molecule has 100 valence electrons. The van der Waals surface area contributed by atoms with E-state index < -0.39 is 0 Å². The van der Waals surface area contributed by atoms with Gasteiger partial charge in [0.2, 0.25) is 5.91 Å². The molecule has 1 aromatic carbocycles. The van der Waals surface area contributed by atoms with E-state index in [-0.39, 0.29) is 11.4 Å². The average Bonchev–Trinajstić information content (AvgIpc) is 2.35. The Kier molecular flexibility index (Phi) is 5.65. The first-order chi connectivity index (χ1) is 8.53. The van der Waals surface area contributed by atoms with Crippen molar-refractivity contribution in [1.29, 1.82) is 0 Å². The highest BCUT2D eigenvalue weighted by atomic mass is 16.5. The van der Waals surface area contributed by atoms with Crippen LogP contribution in [0.4, 0.5) is 0 Å². The highest BCUT2D eigenvalue weighted by Gasteiger charge is 2.17. The molecule has 0 aliphatic heterocycles. The Balaban J connectivity index is 2.17. The molecule has 0 aliphatic carbocycles. The summed E-state index contributed by atoms with van der Waals surface area (Å²) in [6.07, 6.45) is 1.15. The van der Waals surface area contributed by atoms with Crippen molar-refractivity contribution >= 4 is 5.91 Å². The molecule has 3 N–H and O–H groups in total. The van der Waals surface area contributed by atoms with Crippen molar-refractivity contribution in [1.82, 2.24) is 5.32 Å². The van der Waals surface area contributed by atoms with Gasteiger partial charge in [-0.1, -0.05) is 18.2 Å². The van der Waals surface area contributed by atoms with Gasteiger partial charge in [-0.15, -0.1) is 0 Å². The lowest BCUT2D eigenvalue weighted by Gasteiger charge is -2.24. The van der Waals surface area contributed by atoms with E-state index in [4.69, 9.17) is 10.5 Å². The normalized spacial score (nSPS) is 11.1. The van der Waals surface area contributed by atoms with Gasteiger partial charge in [-0.2, -0.15) is 0 Å². The first-order valence-electron chi connectivity index (χ1n) is 6.22. The summed E-state index contributed by atoms with van der Waals surface area (Å²) in [5, 5.41) is 2.89. The van der Waals surface area contributed by atoms with Crippen molar-refractivity contribution in [3.63, 3.8) is 0 Å². The minimum Gasteiger partial charge on any atom is -0.494 e. The molecule has 0 atom stereocenters. The third kappa shape index (κ3) is 5.68. The third-order valence-electron chi connectivity index (χ3n) is 2.55. The number of hydrogen-bond donors (Lipinski definition) is 2. The van der Waals surface area contributed by atoms with E-state index in [1.807, 2.05) is 44.2 Å². The Labute approximate surface area is 109 Å². The topological polar surface area (TPSA) is 64.3 Å². The molecule has 0 aliphatic rings. The molecule has 4 nitrogen and oxygen atoms in total. The van der Waals surface area contributed by atoms with Crippen molar-refractivity contribution in [2.24, 2.45) is 5.73 Å². The van der Waals surface area contributed by atoms with Crippen LogP contribution in [0.5, 0.6) is 5.75 Å². The number of carbonyl (C=O) groups excluding carboxylic acids is 1. The van der Waals surface area contributed by atoms with Gasteiger partial charge in [0.1, 0.15) is 5.75 Å². The maximum absolute atomic E-state index is 11.6. The summed E-state index contributed by atoms with van der Waals surface area (Å²) in [7, 11) is 0. The number of rotatable bonds is 7. The Morgan fingerprint density at radius 2 is 2.00 bits per heavy atom. The minimum atomic E-state index is -0.336. The lowest BCUT2D eigenvalue weighted by molar-refractivity contribution is -0.122. The molecule has 0 saturated heterocycles. The summed E-state index contributed by atoms with van der Waals surface area (Å²) >= 11 is 0. The largest absolute Gasteiger partial charge is 0.494 e. The van der Waals surface area contributed by atoms with Crippen LogP contribution in [-0.2, 0) is 4.79 Å². The van der Waals surface area contributed by atoms with Crippen molar-refractivity contribution in [3.8, 4) is 5.75 Å². The van der Waals surface area contributed by atoms with Gasteiger partial charge in [-0.05, 0) is 32.4 Å². The zero-order chi connectivity index (χ0) is 13.4. The molecule has 0 heterocycles. The molecule has 0 radical (unpaired) electrons. The molecular formula is C14H22N2O2. The van der Waals surface area contributed by atoms with Crippen LogP contribution in [0.15, 0.2) is 30.3 Å². The third-order valence-corrected chi connectivity index (χ3v) is 2.55. The quantitative estimate of drug-likeness (QED) is 0.724. The maximum atomic E-state index is 11.6. The van der Waals surface area contributed by atoms with E-state index in [0.29, 0.717) is 26.0 Å². The molecule has 0 aromatic heterocycles. The number of para-hydroxylation sites is 1. The van der Waals surface area contributed by atoms with Crippen molar-refractivity contribution in [2.75, 3.05) is 13.2 Å². The Bertz CT molecular complexity index is 363. The highest BCUT2D eigenvalue weighted by molar-refractivity contribution is 5.76. The minimum absolute atomic E-state index is 0.0158. The monoisotopic (exact) mass is 250 g/mol. The fourth-order valence-corrected chi connectivity index (χ4v) is 1.43. The van der Waals surface area contributed by atoms with Gasteiger partial charge in [0.25, 0.3) is 0 Å². The second kappa shape index (κ2) is 7.01. The molecule has 0 unspecified atom stereocenters. The van der Waals surface area contributed by atoms with E-state index in [0.717, 1.165) is 5.75 Å². The van der Waals surface area contributed by atoms with E-state index in [2.05, 4.69) is 5.32 Å². The van der Waals surface area contributed by atoms with Gasteiger partial charge in [-0.3, -0.25) is 4.79 Å². The first-order valence-corrected chi connectivity index (χ1v) is 6.22. The zero-order valence-electron chi connectivity index (χ0n) is 11.1. The predicted molar refractivity (Wildman–Crippen MR) is 72.4 cm³/mol. The predicted octanol–water partition coefficient (Wildman–Crippen LogP) is 1.70. The molecule has 4 heteroatoms. The van der Waals surface area contributed by atoms with Crippen molar-refractivity contribution in [3.05, 3.63) is 30.3 Å². The molecule has 1 aromatic rings. The Morgan fingerprint density at radius 3 is 2.61 bits per heavy atom. The summed E-state index contributed by atoms with van der Waals surface area (Å²) in [4.78, 5) is 11.6. The lowest BCUT2D eigenvalue weighted by atomic mass is 10.1. The van der Waals surface area contributed by atoms with Crippen molar-refractivity contribution in [2.45, 2.75) is 32.2 Å². The highest BCUT2D eigenvalue weighted by Crippen LogP contribution is 2.09. The first kappa shape index (κ1) is 14.5. The van der Waals surface area contributed by atoms with Crippen LogP contribution in [0.3, 0.4) is 0 Å². The smallest absolute Gasteiger partial charge is 0.220 e. The van der Waals surface area contributed by atoms with Gasteiger partial charge >= 0.3 is 0 Å². The van der Waals surface area contributed by atoms with Gasteiger partial charge < -0.3 is 15.8 Å². The Morgan fingerprint density at radius 1 is 1.33 bits per heavy atom. The molecule has 0 saturated carbocycles. The maximum Gasteiger partial charge on any atom is 0.220 e.